The molecule has 6 heteroatoms. The highest BCUT2D eigenvalue weighted by Gasteiger charge is 2.27. The van der Waals surface area contributed by atoms with Crippen molar-refractivity contribution in [2.24, 2.45) is 5.84 Å². The van der Waals surface area contributed by atoms with E-state index in [0.29, 0.717) is 5.82 Å². The second kappa shape index (κ2) is 4.70. The first-order valence-corrected chi connectivity index (χ1v) is 6.70. The fourth-order valence-corrected chi connectivity index (χ4v) is 3.11. The lowest BCUT2D eigenvalue weighted by molar-refractivity contribution is 0.641. The van der Waals surface area contributed by atoms with Crippen LogP contribution in [-0.2, 0) is 0 Å². The van der Waals surface area contributed by atoms with E-state index in [2.05, 4.69) is 34.1 Å². The number of anilines is 2. The molecule has 1 saturated heterocycles. The van der Waals surface area contributed by atoms with Gasteiger partial charge in [0.05, 0.1) is 0 Å². The van der Waals surface area contributed by atoms with Crippen LogP contribution in [-0.4, -0.2) is 33.6 Å². The SMILES string of the molecule is Cc1nc(NN)cc(N2CCSC(C)(C)C2)n1. The van der Waals surface area contributed by atoms with E-state index in [0.717, 1.165) is 30.5 Å². The van der Waals surface area contributed by atoms with Gasteiger partial charge in [-0.3, -0.25) is 0 Å². The van der Waals surface area contributed by atoms with Crippen LogP contribution in [0.5, 0.6) is 0 Å². The molecule has 1 aliphatic rings. The molecule has 2 heterocycles. The molecule has 0 spiro atoms. The van der Waals surface area contributed by atoms with Crippen LogP contribution in [0, 0.1) is 6.92 Å². The molecule has 1 fully saturated rings. The van der Waals surface area contributed by atoms with Crippen LogP contribution in [0.2, 0.25) is 0 Å². The van der Waals surface area contributed by atoms with E-state index in [1.54, 1.807) is 0 Å². The average molecular weight is 253 g/mol. The van der Waals surface area contributed by atoms with Gasteiger partial charge in [-0.1, -0.05) is 0 Å². The van der Waals surface area contributed by atoms with E-state index in [1.807, 2.05) is 24.8 Å². The quantitative estimate of drug-likeness (QED) is 0.613. The summed E-state index contributed by atoms with van der Waals surface area (Å²) < 4.78 is 0.271. The van der Waals surface area contributed by atoms with Crippen molar-refractivity contribution >= 4 is 23.4 Å². The van der Waals surface area contributed by atoms with Crippen LogP contribution in [0.25, 0.3) is 0 Å². The van der Waals surface area contributed by atoms with Gasteiger partial charge >= 0.3 is 0 Å². The Bertz CT molecular complexity index is 407. The van der Waals surface area contributed by atoms with Gasteiger partial charge in [0.1, 0.15) is 17.5 Å². The number of nitrogens with one attached hydrogen (secondary N) is 1. The van der Waals surface area contributed by atoms with E-state index in [9.17, 15) is 0 Å². The summed E-state index contributed by atoms with van der Waals surface area (Å²) in [6.07, 6.45) is 0. The monoisotopic (exact) mass is 253 g/mol. The highest BCUT2D eigenvalue weighted by atomic mass is 32.2. The Morgan fingerprint density at radius 3 is 2.88 bits per heavy atom. The molecule has 0 radical (unpaired) electrons. The number of thioether (sulfide) groups is 1. The molecule has 1 aromatic heterocycles. The number of nitrogens with zero attached hydrogens (tertiary/aromatic N) is 3. The molecule has 1 aromatic rings. The lowest BCUT2D eigenvalue weighted by atomic mass is 10.2. The summed E-state index contributed by atoms with van der Waals surface area (Å²) in [6, 6.07) is 1.90. The van der Waals surface area contributed by atoms with Gasteiger partial charge in [0.2, 0.25) is 0 Å². The predicted octanol–water partition coefficient (Wildman–Crippen LogP) is 1.40. The van der Waals surface area contributed by atoms with Crippen molar-refractivity contribution in [3.8, 4) is 0 Å². The number of aryl methyl sites for hydroxylation is 1. The molecular formula is C11H19N5S. The van der Waals surface area contributed by atoms with Gasteiger partial charge in [0.25, 0.3) is 0 Å². The van der Waals surface area contributed by atoms with Crippen LogP contribution in [0.15, 0.2) is 6.07 Å². The Labute approximate surface area is 106 Å². The Hall–Kier alpha value is -1.01. The molecule has 3 N–H and O–H groups in total. The van der Waals surface area contributed by atoms with E-state index in [1.165, 1.54) is 0 Å². The number of hydrogen-bond donors (Lipinski definition) is 2. The fraction of sp³-hybridized carbons (Fsp3) is 0.636. The second-order valence-electron chi connectivity index (χ2n) is 4.83. The summed E-state index contributed by atoms with van der Waals surface area (Å²) in [5.41, 5.74) is 2.59. The maximum absolute atomic E-state index is 5.41. The first kappa shape index (κ1) is 12.4. The molecular weight excluding hydrogens is 234 g/mol. The first-order chi connectivity index (χ1) is 8.00. The van der Waals surface area contributed by atoms with Crippen molar-refractivity contribution in [2.45, 2.75) is 25.5 Å². The number of rotatable bonds is 2. The van der Waals surface area contributed by atoms with Gasteiger partial charge < -0.3 is 10.3 Å². The Morgan fingerprint density at radius 2 is 2.24 bits per heavy atom. The van der Waals surface area contributed by atoms with Crippen molar-refractivity contribution in [1.29, 1.82) is 0 Å². The zero-order valence-electron chi connectivity index (χ0n) is 10.5. The van der Waals surface area contributed by atoms with Crippen LogP contribution in [0.1, 0.15) is 19.7 Å². The summed E-state index contributed by atoms with van der Waals surface area (Å²) in [4.78, 5) is 11.0. The van der Waals surface area contributed by atoms with Gasteiger partial charge in [0.15, 0.2) is 0 Å². The van der Waals surface area contributed by atoms with E-state index in [4.69, 9.17) is 5.84 Å². The van der Waals surface area contributed by atoms with E-state index >= 15 is 0 Å². The standard InChI is InChI=1S/C11H19N5S/c1-8-13-9(15-12)6-10(14-8)16-4-5-17-11(2,3)7-16/h6H,4-5,7,12H2,1-3H3,(H,13,14,15). The molecule has 5 nitrogen and oxygen atoms in total. The summed E-state index contributed by atoms with van der Waals surface area (Å²) in [7, 11) is 0. The third-order valence-corrected chi connectivity index (χ3v) is 4.02. The Balaban J connectivity index is 2.24. The lowest BCUT2D eigenvalue weighted by Crippen LogP contribution is -2.43. The van der Waals surface area contributed by atoms with Gasteiger partial charge in [-0.25, -0.2) is 15.8 Å². The van der Waals surface area contributed by atoms with Crippen molar-refractivity contribution in [1.82, 2.24) is 9.97 Å². The Kier molecular flexibility index (Phi) is 3.44. The van der Waals surface area contributed by atoms with Crippen molar-refractivity contribution < 1.29 is 0 Å². The van der Waals surface area contributed by atoms with Gasteiger partial charge in [-0.2, -0.15) is 11.8 Å². The number of aromatic nitrogens is 2. The van der Waals surface area contributed by atoms with Gasteiger partial charge in [-0.05, 0) is 20.8 Å². The molecule has 1 aliphatic heterocycles. The fourth-order valence-electron chi connectivity index (χ4n) is 2.00. The molecule has 0 saturated carbocycles. The molecule has 0 unspecified atom stereocenters. The highest BCUT2D eigenvalue weighted by molar-refractivity contribution is 8.00. The van der Waals surface area contributed by atoms with Gasteiger partial charge in [0, 0.05) is 29.7 Å². The topological polar surface area (TPSA) is 67.1 Å². The van der Waals surface area contributed by atoms with Gasteiger partial charge in [-0.15, -0.1) is 0 Å². The van der Waals surface area contributed by atoms with Crippen molar-refractivity contribution in [2.75, 3.05) is 29.2 Å². The zero-order chi connectivity index (χ0) is 12.5. The van der Waals surface area contributed by atoms with Crippen LogP contribution < -0.4 is 16.2 Å². The number of nitrogens with two attached hydrogens (primary N) is 1. The Morgan fingerprint density at radius 1 is 1.47 bits per heavy atom. The van der Waals surface area contributed by atoms with Crippen LogP contribution in [0.3, 0.4) is 0 Å². The maximum atomic E-state index is 5.41. The second-order valence-corrected chi connectivity index (χ2v) is 6.63. The number of hydrazine groups is 1. The summed E-state index contributed by atoms with van der Waals surface area (Å²) in [5, 5.41) is 0. The van der Waals surface area contributed by atoms with Crippen molar-refractivity contribution in [3.63, 3.8) is 0 Å². The number of nitrogen functional groups attached to an aromatic ring is 1. The zero-order valence-corrected chi connectivity index (χ0v) is 11.3. The third kappa shape index (κ3) is 3.01. The third-order valence-electron chi connectivity index (χ3n) is 2.72. The van der Waals surface area contributed by atoms with E-state index in [-0.39, 0.29) is 4.75 Å². The molecule has 0 aliphatic carbocycles. The lowest BCUT2D eigenvalue weighted by Gasteiger charge is -2.38. The minimum Gasteiger partial charge on any atom is -0.354 e. The maximum Gasteiger partial charge on any atom is 0.145 e. The minimum atomic E-state index is 0.271. The summed E-state index contributed by atoms with van der Waals surface area (Å²) in [6.45, 7) is 8.43. The molecule has 2 rings (SSSR count). The smallest absolute Gasteiger partial charge is 0.145 e. The van der Waals surface area contributed by atoms with E-state index < -0.39 is 0 Å². The highest BCUT2D eigenvalue weighted by Crippen LogP contribution is 2.31. The molecule has 0 amide bonds. The molecule has 0 aromatic carbocycles. The average Bonchev–Trinajstić information content (AvgIpc) is 2.27. The normalized spacial score (nSPS) is 19.2. The molecule has 94 valence electrons. The number of hydrogen-bond acceptors (Lipinski definition) is 6. The van der Waals surface area contributed by atoms with Crippen LogP contribution >= 0.6 is 11.8 Å². The van der Waals surface area contributed by atoms with Crippen molar-refractivity contribution in [3.05, 3.63) is 11.9 Å². The largest absolute Gasteiger partial charge is 0.354 e. The summed E-state index contributed by atoms with van der Waals surface area (Å²) >= 11 is 2.01. The van der Waals surface area contributed by atoms with Crippen LogP contribution in [0.4, 0.5) is 11.6 Å². The molecule has 0 bridgehead atoms. The first-order valence-electron chi connectivity index (χ1n) is 5.71. The molecule has 17 heavy (non-hydrogen) atoms. The predicted molar refractivity (Wildman–Crippen MR) is 73.3 cm³/mol. The minimum absolute atomic E-state index is 0.271. The molecule has 0 atom stereocenters. The summed E-state index contributed by atoms with van der Waals surface area (Å²) in [5.74, 6) is 8.90.